The highest BCUT2D eigenvalue weighted by Gasteiger charge is 2.19. The maximum absolute atomic E-state index is 13.1. The zero-order chi connectivity index (χ0) is 15.3. The van der Waals surface area contributed by atoms with E-state index in [-0.39, 0.29) is 29.2 Å². The predicted octanol–water partition coefficient (Wildman–Crippen LogP) is 2.00. The molecule has 0 amide bonds. The molecule has 1 N–H and O–H groups in total. The maximum Gasteiger partial charge on any atom is 0.261 e. The van der Waals surface area contributed by atoms with E-state index in [2.05, 4.69) is 9.46 Å². The first kappa shape index (κ1) is 16.9. The van der Waals surface area contributed by atoms with Crippen LogP contribution in [0.2, 0.25) is 0 Å². The summed E-state index contributed by atoms with van der Waals surface area (Å²) in [5, 5.41) is 0. The molecule has 4 nitrogen and oxygen atoms in total. The minimum absolute atomic E-state index is 0.00670. The fraction of sp³-hybridized carbons (Fsp3) is 0.500. The number of sulfonamides is 1. The van der Waals surface area contributed by atoms with Gasteiger partial charge < -0.3 is 4.74 Å². The monoisotopic (exact) mass is 311 g/mol. The first-order valence-corrected chi connectivity index (χ1v) is 7.34. The smallest absolute Gasteiger partial charge is 0.261 e. The van der Waals surface area contributed by atoms with Crippen molar-refractivity contribution in [2.75, 3.05) is 19.8 Å². The highest BCUT2D eigenvalue weighted by atomic mass is 32.2. The van der Waals surface area contributed by atoms with Crippen molar-refractivity contribution in [3.63, 3.8) is 0 Å². The molecule has 20 heavy (non-hydrogen) atoms. The number of benzene rings is 1. The summed E-state index contributed by atoms with van der Waals surface area (Å²) >= 11 is 0. The van der Waals surface area contributed by atoms with Gasteiger partial charge in [-0.05, 0) is 37.1 Å². The van der Waals surface area contributed by atoms with Gasteiger partial charge in [0.25, 0.3) is 6.43 Å². The van der Waals surface area contributed by atoms with Crippen molar-refractivity contribution < 1.29 is 26.3 Å². The number of alkyl halides is 2. The van der Waals surface area contributed by atoms with Gasteiger partial charge in [-0.1, -0.05) is 0 Å². The number of halogens is 3. The Morgan fingerprint density at radius 1 is 1.25 bits per heavy atom. The number of nitrogens with one attached hydrogen (secondary N) is 1. The Morgan fingerprint density at radius 3 is 2.30 bits per heavy atom. The lowest BCUT2D eigenvalue weighted by Gasteiger charge is -2.12. The van der Waals surface area contributed by atoms with Crippen molar-refractivity contribution in [2.24, 2.45) is 0 Å². The molecular weight excluding hydrogens is 295 g/mol. The van der Waals surface area contributed by atoms with Crippen molar-refractivity contribution in [1.29, 1.82) is 0 Å². The van der Waals surface area contributed by atoms with E-state index >= 15 is 0 Å². The second-order valence-corrected chi connectivity index (χ2v) is 5.94. The summed E-state index contributed by atoms with van der Waals surface area (Å²) in [5.74, 6) is -0.515. The van der Waals surface area contributed by atoms with Crippen LogP contribution in [0.5, 0.6) is 0 Å². The number of hydrogen-bond donors (Lipinski definition) is 1. The third-order valence-corrected chi connectivity index (χ3v) is 4.24. The zero-order valence-corrected chi connectivity index (χ0v) is 11.9. The van der Waals surface area contributed by atoms with Crippen molar-refractivity contribution in [3.8, 4) is 0 Å². The SMILES string of the molecule is Cc1cc(F)cc(C)c1S(=O)(=O)NCCOCC(F)F. The van der Waals surface area contributed by atoms with Crippen LogP contribution in [0.3, 0.4) is 0 Å². The number of ether oxygens (including phenoxy) is 1. The molecule has 0 saturated heterocycles. The molecular formula is C12H16F3NO3S. The lowest BCUT2D eigenvalue weighted by atomic mass is 10.1. The van der Waals surface area contributed by atoms with Crippen LogP contribution in [0.4, 0.5) is 13.2 Å². The summed E-state index contributed by atoms with van der Waals surface area (Å²) in [7, 11) is -3.82. The fourth-order valence-electron chi connectivity index (χ4n) is 1.81. The Balaban J connectivity index is 2.70. The topological polar surface area (TPSA) is 55.4 Å². The Hall–Kier alpha value is -1.12. The van der Waals surface area contributed by atoms with Gasteiger partial charge in [0.1, 0.15) is 12.4 Å². The molecule has 1 aromatic rings. The van der Waals surface area contributed by atoms with Gasteiger partial charge in [0.05, 0.1) is 11.5 Å². The Kier molecular flexibility index (Phi) is 5.97. The highest BCUT2D eigenvalue weighted by Crippen LogP contribution is 2.20. The lowest BCUT2D eigenvalue weighted by molar-refractivity contribution is 0.0199. The largest absolute Gasteiger partial charge is 0.374 e. The summed E-state index contributed by atoms with van der Waals surface area (Å²) in [5.41, 5.74) is 0.562. The van der Waals surface area contributed by atoms with Gasteiger partial charge in [0.2, 0.25) is 10.0 Å². The normalized spacial score (nSPS) is 12.1. The third kappa shape index (κ3) is 4.77. The number of hydrogen-bond acceptors (Lipinski definition) is 3. The van der Waals surface area contributed by atoms with Gasteiger partial charge in [-0.15, -0.1) is 0 Å². The van der Waals surface area contributed by atoms with Crippen LogP contribution < -0.4 is 4.72 Å². The van der Waals surface area contributed by atoms with Gasteiger partial charge in [-0.2, -0.15) is 0 Å². The summed E-state index contributed by atoms with van der Waals surface area (Å²) in [4.78, 5) is -0.00670. The first-order valence-electron chi connectivity index (χ1n) is 5.86. The molecule has 1 rings (SSSR count). The van der Waals surface area contributed by atoms with E-state index in [0.29, 0.717) is 0 Å². The van der Waals surface area contributed by atoms with Crippen LogP contribution in [-0.4, -0.2) is 34.6 Å². The summed E-state index contributed by atoms with van der Waals surface area (Å²) < 4.78 is 67.6. The van der Waals surface area contributed by atoms with Gasteiger partial charge in [0.15, 0.2) is 0 Å². The summed E-state index contributed by atoms with van der Waals surface area (Å²) in [6.07, 6.45) is -2.59. The Labute approximate surface area is 116 Å². The average Bonchev–Trinajstić information content (AvgIpc) is 2.25. The van der Waals surface area contributed by atoms with E-state index in [9.17, 15) is 21.6 Å². The van der Waals surface area contributed by atoms with Gasteiger partial charge in [-0.3, -0.25) is 0 Å². The standard InChI is InChI=1S/C12H16F3NO3S/c1-8-5-10(13)6-9(2)12(8)20(17,18)16-3-4-19-7-11(14)15/h5-6,11,16H,3-4,7H2,1-2H3. The van der Waals surface area contributed by atoms with Crippen molar-refractivity contribution in [2.45, 2.75) is 25.2 Å². The second-order valence-electron chi connectivity index (χ2n) is 4.23. The molecule has 0 saturated carbocycles. The average molecular weight is 311 g/mol. The minimum Gasteiger partial charge on any atom is -0.374 e. The molecule has 0 aliphatic heterocycles. The molecule has 114 valence electrons. The van der Waals surface area contributed by atoms with Crippen molar-refractivity contribution in [1.82, 2.24) is 4.72 Å². The van der Waals surface area contributed by atoms with Crippen molar-refractivity contribution >= 4 is 10.0 Å². The molecule has 0 atom stereocenters. The molecule has 0 spiro atoms. The van der Waals surface area contributed by atoms with E-state index in [0.717, 1.165) is 12.1 Å². The van der Waals surface area contributed by atoms with E-state index in [1.807, 2.05) is 0 Å². The van der Waals surface area contributed by atoms with E-state index in [1.165, 1.54) is 13.8 Å². The molecule has 0 radical (unpaired) electrons. The Bertz CT molecular complexity index is 538. The molecule has 8 heteroatoms. The van der Waals surface area contributed by atoms with Gasteiger partial charge in [0, 0.05) is 6.54 Å². The van der Waals surface area contributed by atoms with Crippen LogP contribution in [0, 0.1) is 19.7 Å². The molecule has 0 aliphatic rings. The minimum atomic E-state index is -3.82. The van der Waals surface area contributed by atoms with Crippen LogP contribution in [0.25, 0.3) is 0 Å². The van der Waals surface area contributed by atoms with Crippen molar-refractivity contribution in [3.05, 3.63) is 29.1 Å². The van der Waals surface area contributed by atoms with Gasteiger partial charge in [-0.25, -0.2) is 26.3 Å². The van der Waals surface area contributed by atoms with Crippen LogP contribution in [0.15, 0.2) is 17.0 Å². The third-order valence-electron chi connectivity index (χ3n) is 2.48. The van der Waals surface area contributed by atoms with Crippen LogP contribution >= 0.6 is 0 Å². The highest BCUT2D eigenvalue weighted by molar-refractivity contribution is 7.89. The zero-order valence-electron chi connectivity index (χ0n) is 11.1. The molecule has 0 aromatic heterocycles. The summed E-state index contributed by atoms with van der Waals surface area (Å²) in [6.45, 7) is 1.93. The first-order chi connectivity index (χ1) is 9.24. The molecule has 0 aliphatic carbocycles. The molecule has 1 aromatic carbocycles. The molecule has 0 unspecified atom stereocenters. The van der Waals surface area contributed by atoms with Gasteiger partial charge >= 0.3 is 0 Å². The fourth-order valence-corrected chi connectivity index (χ4v) is 3.28. The van der Waals surface area contributed by atoms with E-state index < -0.39 is 28.9 Å². The van der Waals surface area contributed by atoms with Crippen LogP contribution in [0.1, 0.15) is 11.1 Å². The molecule has 0 heterocycles. The van der Waals surface area contributed by atoms with E-state index in [4.69, 9.17) is 0 Å². The lowest BCUT2D eigenvalue weighted by Crippen LogP contribution is -2.29. The van der Waals surface area contributed by atoms with E-state index in [1.54, 1.807) is 0 Å². The summed E-state index contributed by atoms with van der Waals surface area (Å²) in [6, 6.07) is 2.24. The maximum atomic E-state index is 13.1. The number of aryl methyl sites for hydroxylation is 2. The predicted molar refractivity (Wildman–Crippen MR) is 67.9 cm³/mol. The second kappa shape index (κ2) is 7.05. The van der Waals surface area contributed by atoms with Crippen LogP contribution in [-0.2, 0) is 14.8 Å². The molecule has 0 bridgehead atoms. The quantitative estimate of drug-likeness (QED) is 0.784. The number of rotatable bonds is 7. The molecule has 0 fully saturated rings. The Morgan fingerprint density at radius 2 is 1.80 bits per heavy atom.